The molecule has 1 fully saturated rings. The molecular weight excluding hydrogens is 152 g/mol. The van der Waals surface area contributed by atoms with E-state index in [4.69, 9.17) is 4.74 Å². The first-order valence-corrected chi connectivity index (χ1v) is 4.99. The van der Waals surface area contributed by atoms with Crippen LogP contribution in [0.1, 0.15) is 44.9 Å². The van der Waals surface area contributed by atoms with Crippen molar-refractivity contribution in [2.75, 3.05) is 13.2 Å². The molecule has 0 unspecified atom stereocenters. The lowest BCUT2D eigenvalue weighted by Crippen LogP contribution is -1.97. The third kappa shape index (κ3) is 4.50. The summed E-state index contributed by atoms with van der Waals surface area (Å²) < 4.78 is 5.39. The minimum atomic E-state index is 0.442. The fourth-order valence-electron chi connectivity index (χ4n) is 1.46. The predicted molar refractivity (Wildman–Crippen MR) is 48.1 cm³/mol. The Labute approximate surface area is 74.3 Å². The van der Waals surface area contributed by atoms with E-state index in [1.54, 1.807) is 0 Å². The van der Waals surface area contributed by atoms with Crippen molar-refractivity contribution in [3.63, 3.8) is 0 Å². The van der Waals surface area contributed by atoms with Crippen LogP contribution < -0.4 is 0 Å². The molecule has 1 aliphatic rings. The van der Waals surface area contributed by atoms with Crippen LogP contribution in [-0.4, -0.2) is 19.0 Å². The van der Waals surface area contributed by atoms with Crippen molar-refractivity contribution in [2.24, 2.45) is 0 Å². The molecule has 0 saturated carbocycles. The van der Waals surface area contributed by atoms with Gasteiger partial charge in [-0.1, -0.05) is 6.42 Å². The minimum absolute atomic E-state index is 0.442. The largest absolute Gasteiger partial charge is 0.381 e. The van der Waals surface area contributed by atoms with E-state index < -0.39 is 0 Å². The van der Waals surface area contributed by atoms with E-state index in [-0.39, 0.29) is 0 Å². The minimum Gasteiger partial charge on any atom is -0.381 e. The van der Waals surface area contributed by atoms with Crippen LogP contribution in [0.25, 0.3) is 0 Å². The summed E-state index contributed by atoms with van der Waals surface area (Å²) in [7, 11) is 0. The third-order valence-electron chi connectivity index (χ3n) is 2.24. The van der Waals surface area contributed by atoms with E-state index in [2.05, 4.69) is 0 Å². The van der Waals surface area contributed by atoms with Crippen LogP contribution in [-0.2, 0) is 9.53 Å². The molecule has 0 aromatic carbocycles. The molecule has 1 saturated heterocycles. The quantitative estimate of drug-likeness (QED) is 0.557. The standard InChI is InChI=1S/C10H18O2/c11-10-6-2-1-4-8-12-9-5-3-7-10/h1-9H2. The van der Waals surface area contributed by atoms with Gasteiger partial charge in [0.1, 0.15) is 5.78 Å². The van der Waals surface area contributed by atoms with E-state index in [0.717, 1.165) is 58.2 Å². The number of ketones is 1. The molecule has 1 heterocycles. The van der Waals surface area contributed by atoms with Crippen molar-refractivity contribution >= 4 is 5.78 Å². The van der Waals surface area contributed by atoms with Gasteiger partial charge in [0.2, 0.25) is 0 Å². The zero-order valence-corrected chi connectivity index (χ0v) is 7.68. The molecule has 0 aliphatic carbocycles. The number of hydrogen-bond acceptors (Lipinski definition) is 2. The first-order chi connectivity index (χ1) is 5.89. The highest BCUT2D eigenvalue weighted by Crippen LogP contribution is 2.07. The van der Waals surface area contributed by atoms with E-state index in [1.165, 1.54) is 0 Å². The number of Topliss-reactive ketones (excluding diaryl/α,β-unsaturated/α-hetero) is 1. The summed E-state index contributed by atoms with van der Waals surface area (Å²) in [6.45, 7) is 1.72. The highest BCUT2D eigenvalue weighted by atomic mass is 16.5. The van der Waals surface area contributed by atoms with Crippen LogP contribution in [0.2, 0.25) is 0 Å². The van der Waals surface area contributed by atoms with Crippen molar-refractivity contribution in [3.8, 4) is 0 Å². The Morgan fingerprint density at radius 2 is 1.42 bits per heavy atom. The SMILES string of the molecule is O=C1CCCCCOCCCC1. The second kappa shape index (κ2) is 6.18. The van der Waals surface area contributed by atoms with Crippen LogP contribution in [0.4, 0.5) is 0 Å². The average Bonchev–Trinajstić information content (AvgIpc) is 2.11. The first kappa shape index (κ1) is 9.72. The smallest absolute Gasteiger partial charge is 0.132 e. The molecule has 2 heteroatoms. The first-order valence-electron chi connectivity index (χ1n) is 4.99. The number of hydrogen-bond donors (Lipinski definition) is 0. The fraction of sp³-hybridized carbons (Fsp3) is 0.900. The van der Waals surface area contributed by atoms with Crippen molar-refractivity contribution in [1.82, 2.24) is 0 Å². The van der Waals surface area contributed by atoms with E-state index in [1.807, 2.05) is 0 Å². The molecule has 0 spiro atoms. The van der Waals surface area contributed by atoms with E-state index in [0.29, 0.717) is 5.78 Å². The summed E-state index contributed by atoms with van der Waals surface area (Å²) in [5.74, 6) is 0.442. The topological polar surface area (TPSA) is 26.3 Å². The highest BCUT2D eigenvalue weighted by molar-refractivity contribution is 5.78. The van der Waals surface area contributed by atoms with Crippen molar-refractivity contribution in [1.29, 1.82) is 0 Å². The molecular formula is C10H18O2. The summed E-state index contributed by atoms with van der Waals surface area (Å²) in [5.41, 5.74) is 0. The monoisotopic (exact) mass is 170 g/mol. The highest BCUT2D eigenvalue weighted by Gasteiger charge is 2.03. The Kier molecular flexibility index (Phi) is 5.00. The van der Waals surface area contributed by atoms with Gasteiger partial charge >= 0.3 is 0 Å². The Balaban J connectivity index is 2.17. The molecule has 0 amide bonds. The average molecular weight is 170 g/mol. The summed E-state index contributed by atoms with van der Waals surface area (Å²) in [5, 5.41) is 0. The van der Waals surface area contributed by atoms with Crippen molar-refractivity contribution in [3.05, 3.63) is 0 Å². The van der Waals surface area contributed by atoms with Crippen LogP contribution in [0.3, 0.4) is 0 Å². The molecule has 0 atom stereocenters. The number of carbonyl (C=O) groups is 1. The van der Waals surface area contributed by atoms with Gasteiger partial charge in [0.25, 0.3) is 0 Å². The maximum atomic E-state index is 11.2. The summed E-state index contributed by atoms with van der Waals surface area (Å²) in [6.07, 6.45) is 6.94. The van der Waals surface area contributed by atoms with Gasteiger partial charge in [0.05, 0.1) is 0 Å². The van der Waals surface area contributed by atoms with Crippen LogP contribution >= 0.6 is 0 Å². The number of ether oxygens (including phenoxy) is 1. The second-order valence-corrected chi connectivity index (χ2v) is 3.42. The van der Waals surface area contributed by atoms with Crippen LogP contribution in [0, 0.1) is 0 Å². The molecule has 1 aliphatic heterocycles. The summed E-state index contributed by atoms with van der Waals surface area (Å²) >= 11 is 0. The van der Waals surface area contributed by atoms with Crippen molar-refractivity contribution in [2.45, 2.75) is 44.9 Å². The zero-order valence-electron chi connectivity index (χ0n) is 7.68. The van der Waals surface area contributed by atoms with E-state index in [9.17, 15) is 4.79 Å². The van der Waals surface area contributed by atoms with Gasteiger partial charge in [0, 0.05) is 26.1 Å². The number of rotatable bonds is 0. The molecule has 0 bridgehead atoms. The Morgan fingerprint density at radius 3 is 2.17 bits per heavy atom. The van der Waals surface area contributed by atoms with Gasteiger partial charge in [-0.3, -0.25) is 4.79 Å². The van der Waals surface area contributed by atoms with Gasteiger partial charge in [-0.05, 0) is 25.7 Å². The maximum Gasteiger partial charge on any atom is 0.132 e. The van der Waals surface area contributed by atoms with Gasteiger partial charge in [-0.15, -0.1) is 0 Å². The molecule has 1 rings (SSSR count). The number of carbonyl (C=O) groups excluding carboxylic acids is 1. The van der Waals surface area contributed by atoms with Gasteiger partial charge < -0.3 is 4.74 Å². The van der Waals surface area contributed by atoms with Gasteiger partial charge in [-0.2, -0.15) is 0 Å². The maximum absolute atomic E-state index is 11.2. The lowest BCUT2D eigenvalue weighted by atomic mass is 10.1. The molecule has 0 N–H and O–H groups in total. The molecule has 70 valence electrons. The normalized spacial score (nSPS) is 23.2. The Hall–Kier alpha value is -0.370. The van der Waals surface area contributed by atoms with E-state index >= 15 is 0 Å². The lowest BCUT2D eigenvalue weighted by molar-refractivity contribution is -0.119. The van der Waals surface area contributed by atoms with Gasteiger partial charge in [-0.25, -0.2) is 0 Å². The molecule has 0 radical (unpaired) electrons. The molecule has 0 aromatic rings. The Morgan fingerprint density at radius 1 is 0.833 bits per heavy atom. The third-order valence-corrected chi connectivity index (χ3v) is 2.24. The molecule has 0 aromatic heterocycles. The lowest BCUT2D eigenvalue weighted by Gasteiger charge is -2.00. The predicted octanol–water partition coefficient (Wildman–Crippen LogP) is 2.32. The summed E-state index contributed by atoms with van der Waals surface area (Å²) in [4.78, 5) is 11.2. The second-order valence-electron chi connectivity index (χ2n) is 3.42. The molecule has 2 nitrogen and oxygen atoms in total. The van der Waals surface area contributed by atoms with Gasteiger partial charge in [0.15, 0.2) is 0 Å². The zero-order chi connectivity index (χ0) is 8.65. The summed E-state index contributed by atoms with van der Waals surface area (Å²) in [6, 6.07) is 0. The molecule has 12 heavy (non-hydrogen) atoms. The Bertz CT molecular complexity index is 118. The van der Waals surface area contributed by atoms with Crippen LogP contribution in [0.5, 0.6) is 0 Å². The fourth-order valence-corrected chi connectivity index (χ4v) is 1.46. The van der Waals surface area contributed by atoms with Crippen LogP contribution in [0.15, 0.2) is 0 Å². The van der Waals surface area contributed by atoms with Crippen molar-refractivity contribution < 1.29 is 9.53 Å².